The van der Waals surface area contributed by atoms with E-state index in [2.05, 4.69) is 15.6 Å². The summed E-state index contributed by atoms with van der Waals surface area (Å²) in [5.74, 6) is -0.342. The zero-order valence-corrected chi connectivity index (χ0v) is 8.42. The normalized spacial score (nSPS) is 11.4. The summed E-state index contributed by atoms with van der Waals surface area (Å²) < 4.78 is 1.35. The average molecular weight is 214 g/mol. The van der Waals surface area contributed by atoms with Gasteiger partial charge in [0.15, 0.2) is 0 Å². The Morgan fingerprint density at radius 2 is 2.20 bits per heavy atom. The van der Waals surface area contributed by atoms with Gasteiger partial charge in [-0.2, -0.15) is 0 Å². The monoisotopic (exact) mass is 214 g/mol. The van der Waals surface area contributed by atoms with Crippen molar-refractivity contribution in [2.75, 3.05) is 13.2 Å². The molecule has 0 fully saturated rings. The molecule has 1 amide bonds. The number of carbonyl (C=O) groups is 1. The first kappa shape index (κ1) is 11.6. The van der Waals surface area contributed by atoms with Gasteiger partial charge in [-0.25, -0.2) is 4.68 Å². The SMILES string of the molecule is CC(CO)(CO)NC(=O)Cn1ccnn1. The molecule has 0 spiro atoms. The van der Waals surface area contributed by atoms with Crippen molar-refractivity contribution in [1.82, 2.24) is 20.3 Å². The second-order valence-electron chi connectivity index (χ2n) is 3.53. The van der Waals surface area contributed by atoms with Gasteiger partial charge in [0.1, 0.15) is 6.54 Å². The minimum absolute atomic E-state index is 0.00951. The van der Waals surface area contributed by atoms with E-state index in [4.69, 9.17) is 10.2 Å². The molecule has 0 radical (unpaired) electrons. The highest BCUT2D eigenvalue weighted by molar-refractivity contribution is 5.76. The van der Waals surface area contributed by atoms with Gasteiger partial charge in [0.05, 0.1) is 24.9 Å². The second kappa shape index (κ2) is 4.85. The predicted molar refractivity (Wildman–Crippen MR) is 50.7 cm³/mol. The highest BCUT2D eigenvalue weighted by atomic mass is 16.3. The summed E-state index contributed by atoms with van der Waals surface area (Å²) in [6.45, 7) is 0.904. The van der Waals surface area contributed by atoms with Gasteiger partial charge < -0.3 is 15.5 Å². The molecule has 7 nitrogen and oxygen atoms in total. The molecule has 0 aliphatic rings. The van der Waals surface area contributed by atoms with Gasteiger partial charge in [-0.1, -0.05) is 5.21 Å². The van der Waals surface area contributed by atoms with Gasteiger partial charge >= 0.3 is 0 Å². The maximum absolute atomic E-state index is 11.4. The third-order valence-electron chi connectivity index (χ3n) is 1.92. The summed E-state index contributed by atoms with van der Waals surface area (Å²) in [4.78, 5) is 11.4. The molecule has 0 aliphatic heterocycles. The van der Waals surface area contributed by atoms with Crippen molar-refractivity contribution < 1.29 is 15.0 Å². The molecule has 3 N–H and O–H groups in total. The number of hydrogen-bond donors (Lipinski definition) is 3. The number of rotatable bonds is 5. The van der Waals surface area contributed by atoms with E-state index in [0.29, 0.717) is 0 Å². The van der Waals surface area contributed by atoms with Crippen LogP contribution in [-0.4, -0.2) is 49.9 Å². The van der Waals surface area contributed by atoms with E-state index >= 15 is 0 Å². The first-order valence-corrected chi connectivity index (χ1v) is 4.46. The van der Waals surface area contributed by atoms with E-state index in [1.807, 2.05) is 0 Å². The van der Waals surface area contributed by atoms with E-state index < -0.39 is 5.54 Å². The Labute approximate surface area is 86.7 Å². The third kappa shape index (κ3) is 3.30. The minimum Gasteiger partial charge on any atom is -0.394 e. The number of aliphatic hydroxyl groups is 2. The zero-order valence-electron chi connectivity index (χ0n) is 8.42. The number of nitrogens with one attached hydrogen (secondary N) is 1. The summed E-state index contributed by atoms with van der Waals surface area (Å²) in [5, 5.41) is 27.6. The quantitative estimate of drug-likeness (QED) is 0.533. The number of aliphatic hydroxyl groups excluding tert-OH is 2. The fraction of sp³-hybridized carbons (Fsp3) is 0.625. The molecule has 1 heterocycles. The largest absolute Gasteiger partial charge is 0.394 e. The van der Waals surface area contributed by atoms with Crippen LogP contribution in [0.3, 0.4) is 0 Å². The first-order chi connectivity index (χ1) is 7.09. The summed E-state index contributed by atoms with van der Waals surface area (Å²) in [6, 6.07) is 0. The van der Waals surface area contributed by atoms with Gasteiger partial charge in [-0.05, 0) is 6.92 Å². The Morgan fingerprint density at radius 3 is 2.67 bits per heavy atom. The molecule has 0 aliphatic carbocycles. The highest BCUT2D eigenvalue weighted by Crippen LogP contribution is 2.00. The first-order valence-electron chi connectivity index (χ1n) is 4.46. The van der Waals surface area contributed by atoms with Crippen molar-refractivity contribution in [3.8, 4) is 0 Å². The van der Waals surface area contributed by atoms with Crippen LogP contribution >= 0.6 is 0 Å². The number of amides is 1. The lowest BCUT2D eigenvalue weighted by Gasteiger charge is -2.25. The van der Waals surface area contributed by atoms with Gasteiger partial charge in [-0.15, -0.1) is 5.10 Å². The molecule has 84 valence electrons. The standard InChI is InChI=1S/C8H14N4O3/c1-8(5-13,6-14)10-7(15)4-12-3-2-9-11-12/h2-3,13-14H,4-6H2,1H3,(H,10,15). The van der Waals surface area contributed by atoms with Crippen LogP contribution in [0.4, 0.5) is 0 Å². The van der Waals surface area contributed by atoms with E-state index in [1.165, 1.54) is 10.9 Å². The lowest BCUT2D eigenvalue weighted by Crippen LogP contribution is -2.52. The molecule has 1 aromatic heterocycles. The molecule has 0 unspecified atom stereocenters. The number of aromatic nitrogens is 3. The van der Waals surface area contributed by atoms with Crippen LogP contribution < -0.4 is 5.32 Å². The third-order valence-corrected chi connectivity index (χ3v) is 1.92. The Balaban J connectivity index is 2.49. The van der Waals surface area contributed by atoms with Crippen molar-refractivity contribution in [3.63, 3.8) is 0 Å². The Hall–Kier alpha value is -1.47. The van der Waals surface area contributed by atoms with Gasteiger partial charge in [0.2, 0.25) is 5.91 Å². The Morgan fingerprint density at radius 1 is 1.53 bits per heavy atom. The summed E-state index contributed by atoms with van der Waals surface area (Å²) in [7, 11) is 0. The van der Waals surface area contributed by atoms with Crippen LogP contribution in [0.2, 0.25) is 0 Å². The van der Waals surface area contributed by atoms with Crippen LogP contribution in [0.15, 0.2) is 12.4 Å². The van der Waals surface area contributed by atoms with Crippen LogP contribution in [0.25, 0.3) is 0 Å². The predicted octanol–water partition coefficient (Wildman–Crippen LogP) is -1.86. The molecule has 0 saturated carbocycles. The zero-order chi connectivity index (χ0) is 11.3. The molecule has 0 aromatic carbocycles. The lowest BCUT2D eigenvalue weighted by molar-refractivity contribution is -0.124. The summed E-state index contributed by atoms with van der Waals surface area (Å²) in [6.07, 6.45) is 3.01. The maximum Gasteiger partial charge on any atom is 0.242 e. The van der Waals surface area contributed by atoms with E-state index in [1.54, 1.807) is 13.1 Å². The number of nitrogens with zero attached hydrogens (tertiary/aromatic N) is 3. The molecule has 7 heteroatoms. The van der Waals surface area contributed by atoms with Gasteiger partial charge in [-0.3, -0.25) is 4.79 Å². The summed E-state index contributed by atoms with van der Waals surface area (Å²) >= 11 is 0. The number of carbonyl (C=O) groups excluding carboxylic acids is 1. The van der Waals surface area contributed by atoms with Crippen molar-refractivity contribution in [1.29, 1.82) is 0 Å². The Bertz CT molecular complexity index is 308. The molecule has 0 saturated heterocycles. The Kier molecular flexibility index (Phi) is 3.75. The van der Waals surface area contributed by atoms with E-state index in [-0.39, 0.29) is 25.7 Å². The second-order valence-corrected chi connectivity index (χ2v) is 3.53. The molecule has 15 heavy (non-hydrogen) atoms. The van der Waals surface area contributed by atoms with Gasteiger partial charge in [0, 0.05) is 6.20 Å². The van der Waals surface area contributed by atoms with Crippen LogP contribution in [0.1, 0.15) is 6.92 Å². The maximum atomic E-state index is 11.4. The molecule has 0 bridgehead atoms. The van der Waals surface area contributed by atoms with Crippen molar-refractivity contribution >= 4 is 5.91 Å². The van der Waals surface area contributed by atoms with Crippen molar-refractivity contribution in [2.24, 2.45) is 0 Å². The molecule has 1 rings (SSSR count). The lowest BCUT2D eigenvalue weighted by atomic mass is 10.1. The van der Waals surface area contributed by atoms with E-state index in [9.17, 15) is 4.79 Å². The molecule has 0 atom stereocenters. The van der Waals surface area contributed by atoms with Crippen LogP contribution in [0.5, 0.6) is 0 Å². The fourth-order valence-corrected chi connectivity index (χ4v) is 0.969. The molecular formula is C8H14N4O3. The fourth-order valence-electron chi connectivity index (χ4n) is 0.969. The molecule has 1 aromatic rings. The smallest absolute Gasteiger partial charge is 0.242 e. The number of hydrogen-bond acceptors (Lipinski definition) is 5. The summed E-state index contributed by atoms with van der Waals surface area (Å²) in [5.41, 5.74) is -1.00. The topological polar surface area (TPSA) is 100 Å². The minimum atomic E-state index is -1.00. The van der Waals surface area contributed by atoms with Crippen molar-refractivity contribution in [3.05, 3.63) is 12.4 Å². The van der Waals surface area contributed by atoms with Gasteiger partial charge in [0.25, 0.3) is 0 Å². The van der Waals surface area contributed by atoms with Crippen LogP contribution in [-0.2, 0) is 11.3 Å². The van der Waals surface area contributed by atoms with Crippen LogP contribution in [0, 0.1) is 0 Å². The average Bonchev–Trinajstić information content (AvgIpc) is 2.70. The van der Waals surface area contributed by atoms with Crippen molar-refractivity contribution in [2.45, 2.75) is 19.0 Å². The molecular weight excluding hydrogens is 200 g/mol. The van der Waals surface area contributed by atoms with E-state index in [0.717, 1.165) is 0 Å². The highest BCUT2D eigenvalue weighted by Gasteiger charge is 2.24.